The molecule has 0 fully saturated rings. The van der Waals surface area contributed by atoms with Crippen LogP contribution in [0.1, 0.15) is 11.3 Å². The molecule has 9 heteroatoms. The van der Waals surface area contributed by atoms with Crippen LogP contribution >= 0.6 is 46.4 Å². The number of nitrogens with zero attached hydrogens (tertiary/aromatic N) is 2. The van der Waals surface area contributed by atoms with Gasteiger partial charge in [-0.25, -0.2) is 9.78 Å². The number of aromatic nitrogens is 1. The maximum absolute atomic E-state index is 12.6. The standard InChI is InChI=1S/C20H14Cl4N4O/c21-12-5-4-11(15(24)8-12)9-25-18-7-6-17-16(27-18)10-26-20(29)28(17)19-13(22)2-1-3-14(19)23/h1-8H,9-10H2,(H,25,27)(H,26,29). The van der Waals surface area contributed by atoms with Crippen LogP contribution in [0.15, 0.2) is 48.5 Å². The van der Waals surface area contributed by atoms with Crippen molar-refractivity contribution in [2.24, 2.45) is 0 Å². The van der Waals surface area contributed by atoms with Gasteiger partial charge in [0.15, 0.2) is 0 Å². The Morgan fingerprint density at radius 2 is 1.76 bits per heavy atom. The van der Waals surface area contributed by atoms with E-state index in [9.17, 15) is 4.79 Å². The fourth-order valence-electron chi connectivity index (χ4n) is 3.05. The zero-order valence-corrected chi connectivity index (χ0v) is 17.9. The molecule has 148 valence electrons. The fourth-order valence-corrected chi connectivity index (χ4v) is 4.09. The first kappa shape index (κ1) is 20.1. The van der Waals surface area contributed by atoms with E-state index in [1.54, 1.807) is 36.4 Å². The van der Waals surface area contributed by atoms with Crippen LogP contribution in [-0.4, -0.2) is 11.0 Å². The van der Waals surface area contributed by atoms with Crippen molar-refractivity contribution in [3.05, 3.63) is 79.9 Å². The third-order valence-electron chi connectivity index (χ3n) is 4.44. The number of halogens is 4. The van der Waals surface area contributed by atoms with E-state index in [-0.39, 0.29) is 6.03 Å². The Morgan fingerprint density at radius 1 is 1.00 bits per heavy atom. The number of rotatable bonds is 4. The Hall–Kier alpha value is -2.18. The van der Waals surface area contributed by atoms with E-state index in [2.05, 4.69) is 15.6 Å². The summed E-state index contributed by atoms with van der Waals surface area (Å²) in [5, 5.41) is 7.95. The van der Waals surface area contributed by atoms with Crippen LogP contribution in [0.2, 0.25) is 20.1 Å². The molecule has 0 spiro atoms. The van der Waals surface area contributed by atoms with E-state index < -0.39 is 0 Å². The van der Waals surface area contributed by atoms with Gasteiger partial charge < -0.3 is 10.6 Å². The normalized spacial score (nSPS) is 13.1. The smallest absolute Gasteiger partial charge is 0.326 e. The molecule has 2 heterocycles. The molecule has 5 nitrogen and oxygen atoms in total. The summed E-state index contributed by atoms with van der Waals surface area (Å²) in [6, 6.07) is 13.7. The molecule has 1 aromatic heterocycles. The van der Waals surface area contributed by atoms with Crippen LogP contribution in [0, 0.1) is 0 Å². The molecule has 1 aliphatic heterocycles. The van der Waals surface area contributed by atoms with E-state index >= 15 is 0 Å². The highest BCUT2D eigenvalue weighted by molar-refractivity contribution is 6.40. The fraction of sp³-hybridized carbons (Fsp3) is 0.100. The van der Waals surface area contributed by atoms with Gasteiger partial charge in [-0.2, -0.15) is 0 Å². The van der Waals surface area contributed by atoms with Crippen LogP contribution < -0.4 is 15.5 Å². The number of fused-ring (bicyclic) bond motifs is 1. The van der Waals surface area contributed by atoms with Crippen LogP contribution in [0.25, 0.3) is 0 Å². The van der Waals surface area contributed by atoms with Crippen LogP contribution in [-0.2, 0) is 13.1 Å². The molecule has 0 saturated carbocycles. The van der Waals surface area contributed by atoms with Crippen molar-refractivity contribution < 1.29 is 4.79 Å². The van der Waals surface area contributed by atoms with E-state index in [0.717, 1.165) is 5.56 Å². The Morgan fingerprint density at radius 3 is 2.48 bits per heavy atom. The van der Waals surface area contributed by atoms with Crippen molar-refractivity contribution in [1.29, 1.82) is 0 Å². The monoisotopic (exact) mass is 466 g/mol. The number of carbonyl (C=O) groups excluding carboxylic acids is 1. The first-order valence-corrected chi connectivity index (χ1v) is 10.1. The SMILES string of the molecule is O=C1NCc2nc(NCc3ccc(Cl)cc3Cl)ccc2N1c1c(Cl)cccc1Cl. The number of para-hydroxylation sites is 1. The molecular formula is C20H14Cl4N4O. The summed E-state index contributed by atoms with van der Waals surface area (Å²) in [5.74, 6) is 0.649. The summed E-state index contributed by atoms with van der Waals surface area (Å²) in [6.07, 6.45) is 0. The van der Waals surface area contributed by atoms with Crippen molar-refractivity contribution in [2.75, 3.05) is 10.2 Å². The van der Waals surface area contributed by atoms with Gasteiger partial charge in [0.2, 0.25) is 0 Å². The zero-order valence-electron chi connectivity index (χ0n) is 14.8. The summed E-state index contributed by atoms with van der Waals surface area (Å²) in [5.41, 5.74) is 2.63. The second-order valence-corrected chi connectivity index (χ2v) is 7.97. The molecule has 2 N–H and O–H groups in total. The summed E-state index contributed by atoms with van der Waals surface area (Å²) in [6.45, 7) is 0.776. The lowest BCUT2D eigenvalue weighted by molar-refractivity contribution is 0.247. The number of anilines is 3. The minimum Gasteiger partial charge on any atom is -0.366 e. The summed E-state index contributed by atoms with van der Waals surface area (Å²) >= 11 is 24.8. The molecule has 1 aliphatic rings. The van der Waals surface area contributed by atoms with Gasteiger partial charge in [-0.05, 0) is 42.0 Å². The molecular weight excluding hydrogens is 454 g/mol. The largest absolute Gasteiger partial charge is 0.366 e. The maximum Gasteiger partial charge on any atom is 0.326 e. The van der Waals surface area contributed by atoms with Crippen molar-refractivity contribution in [3.8, 4) is 0 Å². The van der Waals surface area contributed by atoms with Gasteiger partial charge in [-0.15, -0.1) is 0 Å². The lowest BCUT2D eigenvalue weighted by Gasteiger charge is -2.30. The van der Waals surface area contributed by atoms with Gasteiger partial charge in [0.1, 0.15) is 5.82 Å². The number of urea groups is 1. The summed E-state index contributed by atoms with van der Waals surface area (Å²) in [4.78, 5) is 18.6. The predicted molar refractivity (Wildman–Crippen MR) is 119 cm³/mol. The van der Waals surface area contributed by atoms with Crippen LogP contribution in [0.5, 0.6) is 0 Å². The molecule has 0 aliphatic carbocycles. The lowest BCUT2D eigenvalue weighted by Crippen LogP contribution is -2.42. The number of hydrogen-bond donors (Lipinski definition) is 2. The Kier molecular flexibility index (Phi) is 5.74. The van der Waals surface area contributed by atoms with E-state index in [1.807, 2.05) is 12.1 Å². The minimum absolute atomic E-state index is 0.296. The highest BCUT2D eigenvalue weighted by Crippen LogP contribution is 2.40. The van der Waals surface area contributed by atoms with Gasteiger partial charge in [0.25, 0.3) is 0 Å². The van der Waals surface area contributed by atoms with Gasteiger partial charge in [-0.3, -0.25) is 4.90 Å². The molecule has 0 unspecified atom stereocenters. The van der Waals surface area contributed by atoms with Gasteiger partial charge in [0.05, 0.1) is 33.7 Å². The van der Waals surface area contributed by atoms with E-state index in [1.165, 1.54) is 4.90 Å². The summed E-state index contributed by atoms with van der Waals surface area (Å²) in [7, 11) is 0. The lowest BCUT2D eigenvalue weighted by atomic mass is 10.2. The Balaban J connectivity index is 1.62. The highest BCUT2D eigenvalue weighted by atomic mass is 35.5. The Labute approximate surface area is 187 Å². The van der Waals surface area contributed by atoms with Gasteiger partial charge in [0, 0.05) is 16.6 Å². The van der Waals surface area contributed by atoms with Crippen molar-refractivity contribution in [2.45, 2.75) is 13.1 Å². The number of nitrogens with one attached hydrogen (secondary N) is 2. The molecule has 0 saturated heterocycles. The molecule has 3 aromatic rings. The van der Waals surface area contributed by atoms with Crippen LogP contribution in [0.3, 0.4) is 0 Å². The molecule has 0 radical (unpaired) electrons. The number of benzene rings is 2. The van der Waals surface area contributed by atoms with E-state index in [4.69, 9.17) is 46.4 Å². The number of carbonyl (C=O) groups is 1. The van der Waals surface area contributed by atoms with E-state index in [0.29, 0.717) is 56.1 Å². The third-order valence-corrected chi connectivity index (χ3v) is 5.63. The maximum atomic E-state index is 12.6. The summed E-state index contributed by atoms with van der Waals surface area (Å²) < 4.78 is 0. The second-order valence-electron chi connectivity index (χ2n) is 6.32. The van der Waals surface area contributed by atoms with Crippen LogP contribution in [0.4, 0.5) is 22.0 Å². The highest BCUT2D eigenvalue weighted by Gasteiger charge is 2.29. The zero-order chi connectivity index (χ0) is 20.5. The number of amides is 2. The first-order valence-electron chi connectivity index (χ1n) is 8.64. The number of pyridine rings is 1. The molecule has 2 amide bonds. The second kappa shape index (κ2) is 8.28. The molecule has 0 atom stereocenters. The van der Waals surface area contributed by atoms with Gasteiger partial charge >= 0.3 is 6.03 Å². The quantitative estimate of drug-likeness (QED) is 0.450. The molecule has 4 rings (SSSR count). The molecule has 0 bridgehead atoms. The average molecular weight is 468 g/mol. The third kappa shape index (κ3) is 4.09. The number of hydrogen-bond acceptors (Lipinski definition) is 3. The van der Waals surface area contributed by atoms with Gasteiger partial charge in [-0.1, -0.05) is 58.5 Å². The minimum atomic E-state index is -0.317. The van der Waals surface area contributed by atoms with Crippen molar-refractivity contribution in [1.82, 2.24) is 10.3 Å². The molecule has 29 heavy (non-hydrogen) atoms. The van der Waals surface area contributed by atoms with Crippen molar-refractivity contribution >= 4 is 69.6 Å². The predicted octanol–water partition coefficient (Wildman–Crippen LogP) is 6.67. The average Bonchev–Trinajstić information content (AvgIpc) is 2.68. The van der Waals surface area contributed by atoms with Crippen molar-refractivity contribution in [3.63, 3.8) is 0 Å². The topological polar surface area (TPSA) is 57.3 Å². The molecule has 2 aromatic carbocycles. The Bertz CT molecular complexity index is 1090. The first-order chi connectivity index (χ1) is 13.9.